The van der Waals surface area contributed by atoms with E-state index in [1.165, 1.54) is 24.1 Å². The fourth-order valence-corrected chi connectivity index (χ4v) is 3.66. The molecule has 4 rings (SSSR count). The van der Waals surface area contributed by atoms with Crippen molar-refractivity contribution in [2.24, 2.45) is 0 Å². The first-order valence-electron chi connectivity index (χ1n) is 9.55. The first kappa shape index (κ1) is 18.6. The van der Waals surface area contributed by atoms with E-state index in [0.717, 1.165) is 25.2 Å². The lowest BCUT2D eigenvalue weighted by molar-refractivity contribution is 0.949. The van der Waals surface area contributed by atoms with Crippen LogP contribution in [0.2, 0.25) is 5.02 Å². The van der Waals surface area contributed by atoms with Crippen LogP contribution in [-0.2, 0) is 6.42 Å². The second-order valence-corrected chi connectivity index (χ2v) is 7.51. The Morgan fingerprint density at radius 3 is 2.18 bits per heavy atom. The molecule has 1 aliphatic heterocycles. The molecule has 5 nitrogen and oxygen atoms in total. The van der Waals surface area contributed by atoms with Crippen LogP contribution < -0.4 is 26.4 Å². The van der Waals surface area contributed by atoms with Gasteiger partial charge in [0.15, 0.2) is 0 Å². The summed E-state index contributed by atoms with van der Waals surface area (Å²) >= 11 is 5.87. The van der Waals surface area contributed by atoms with Crippen LogP contribution in [0.1, 0.15) is 18.4 Å². The molecule has 1 aliphatic rings. The zero-order chi connectivity index (χ0) is 19.5. The highest BCUT2D eigenvalue weighted by Crippen LogP contribution is 2.23. The van der Waals surface area contributed by atoms with Gasteiger partial charge in [-0.15, -0.1) is 0 Å². The minimum atomic E-state index is -0.493. The topological polar surface area (TPSA) is 61.4 Å². The number of anilines is 4. The van der Waals surface area contributed by atoms with Crippen molar-refractivity contribution in [3.05, 3.63) is 79.6 Å². The summed E-state index contributed by atoms with van der Waals surface area (Å²) in [5.41, 5.74) is 2.89. The quantitative estimate of drug-likeness (QED) is 0.593. The molecule has 0 spiro atoms. The molecule has 0 unspecified atom stereocenters. The van der Waals surface area contributed by atoms with Gasteiger partial charge in [-0.05, 0) is 61.2 Å². The fraction of sp³-hybridized carbons (Fsp3) is 0.273. The van der Waals surface area contributed by atoms with Gasteiger partial charge in [0.05, 0.1) is 0 Å². The molecule has 0 saturated carbocycles. The van der Waals surface area contributed by atoms with Gasteiger partial charge in [-0.25, -0.2) is 0 Å². The van der Waals surface area contributed by atoms with Gasteiger partial charge in [-0.2, -0.15) is 0 Å². The van der Waals surface area contributed by atoms with Crippen LogP contribution in [0.15, 0.2) is 58.1 Å². The third kappa shape index (κ3) is 3.90. The van der Waals surface area contributed by atoms with Crippen molar-refractivity contribution in [1.82, 2.24) is 0 Å². The molecule has 0 atom stereocenters. The molecule has 1 heterocycles. The molecule has 3 aromatic carbocycles. The number of halogens is 1. The van der Waals surface area contributed by atoms with Crippen molar-refractivity contribution in [3.8, 4) is 0 Å². The van der Waals surface area contributed by atoms with Crippen LogP contribution in [-0.4, -0.2) is 19.6 Å². The summed E-state index contributed by atoms with van der Waals surface area (Å²) in [4.78, 5) is 26.2. The van der Waals surface area contributed by atoms with Gasteiger partial charge in [-0.3, -0.25) is 9.59 Å². The van der Waals surface area contributed by atoms with Crippen molar-refractivity contribution < 1.29 is 0 Å². The van der Waals surface area contributed by atoms with Crippen molar-refractivity contribution >= 4 is 34.4 Å². The number of nitrogens with one attached hydrogen (secondary N) is 2. The van der Waals surface area contributed by atoms with Gasteiger partial charge < -0.3 is 15.5 Å². The number of hydrogen-bond donors (Lipinski definition) is 2. The minimum Gasteiger partial charge on any atom is -0.380 e. The molecule has 0 amide bonds. The van der Waals surface area contributed by atoms with Crippen molar-refractivity contribution in [1.29, 1.82) is 0 Å². The standard InChI is InChI=1S/C22H22ClN3O2/c23-16-5-7-17(8-6-16)25-20-19(21(27)22(20)28)24-12-11-15-3-9-18(10-4-15)26-13-1-2-14-26/h3-10,24-25H,1-2,11-14H2. The Balaban J connectivity index is 1.35. The Kier molecular flexibility index (Phi) is 5.35. The SMILES string of the molecule is O=c1c(NCCc2ccc(N3CCCC3)cc2)c(Nc2ccc(Cl)cc2)c1=O. The van der Waals surface area contributed by atoms with E-state index in [9.17, 15) is 9.59 Å². The predicted molar refractivity (Wildman–Crippen MR) is 116 cm³/mol. The molecule has 144 valence electrons. The molecule has 0 aliphatic carbocycles. The normalized spacial score (nSPS) is 13.8. The molecule has 0 bridgehead atoms. The van der Waals surface area contributed by atoms with Crippen LogP contribution in [0, 0.1) is 0 Å². The molecule has 0 aromatic heterocycles. The second kappa shape index (κ2) is 8.07. The summed E-state index contributed by atoms with van der Waals surface area (Å²) in [5, 5.41) is 6.73. The van der Waals surface area contributed by atoms with Gasteiger partial charge >= 0.3 is 0 Å². The van der Waals surface area contributed by atoms with Crippen LogP contribution in [0.25, 0.3) is 0 Å². The molecule has 1 fully saturated rings. The zero-order valence-corrected chi connectivity index (χ0v) is 16.3. The number of nitrogens with zero attached hydrogens (tertiary/aromatic N) is 1. The first-order chi connectivity index (χ1) is 13.6. The summed E-state index contributed by atoms with van der Waals surface area (Å²) in [7, 11) is 0. The van der Waals surface area contributed by atoms with E-state index in [-0.39, 0.29) is 0 Å². The lowest BCUT2D eigenvalue weighted by atomic mass is 10.1. The van der Waals surface area contributed by atoms with Crippen LogP contribution >= 0.6 is 11.6 Å². The molecule has 2 N–H and O–H groups in total. The van der Waals surface area contributed by atoms with Crippen LogP contribution in [0.3, 0.4) is 0 Å². The highest BCUT2D eigenvalue weighted by atomic mass is 35.5. The van der Waals surface area contributed by atoms with E-state index in [1.54, 1.807) is 24.3 Å². The fourth-order valence-electron chi connectivity index (χ4n) is 3.54. The highest BCUT2D eigenvalue weighted by Gasteiger charge is 2.20. The van der Waals surface area contributed by atoms with E-state index in [1.807, 2.05) is 0 Å². The smallest absolute Gasteiger partial charge is 0.253 e. The Bertz CT molecular complexity index is 1020. The van der Waals surface area contributed by atoms with Crippen LogP contribution in [0.5, 0.6) is 0 Å². The van der Waals surface area contributed by atoms with E-state index < -0.39 is 10.9 Å². The summed E-state index contributed by atoms with van der Waals surface area (Å²) in [5.74, 6) is 0. The van der Waals surface area contributed by atoms with Gasteiger partial charge in [0.1, 0.15) is 11.4 Å². The molecule has 3 aromatic rings. The van der Waals surface area contributed by atoms with Gasteiger partial charge in [0, 0.05) is 36.0 Å². The van der Waals surface area contributed by atoms with E-state index in [0.29, 0.717) is 22.9 Å². The average molecular weight is 396 g/mol. The maximum absolute atomic E-state index is 11.9. The Hall–Kier alpha value is -2.79. The van der Waals surface area contributed by atoms with Gasteiger partial charge in [0.25, 0.3) is 10.9 Å². The second-order valence-electron chi connectivity index (χ2n) is 7.08. The Morgan fingerprint density at radius 2 is 1.50 bits per heavy atom. The Labute approximate surface area is 168 Å². The lowest BCUT2D eigenvalue weighted by Crippen LogP contribution is -2.37. The summed E-state index contributed by atoms with van der Waals surface area (Å²) in [6.07, 6.45) is 3.30. The van der Waals surface area contributed by atoms with E-state index >= 15 is 0 Å². The van der Waals surface area contributed by atoms with Gasteiger partial charge in [-0.1, -0.05) is 23.7 Å². The summed E-state index contributed by atoms with van der Waals surface area (Å²) in [6.45, 7) is 2.85. The number of rotatable bonds is 7. The maximum Gasteiger partial charge on any atom is 0.253 e. The van der Waals surface area contributed by atoms with E-state index in [4.69, 9.17) is 11.6 Å². The predicted octanol–water partition coefficient (Wildman–Crippen LogP) is 3.93. The van der Waals surface area contributed by atoms with Crippen molar-refractivity contribution in [3.63, 3.8) is 0 Å². The largest absolute Gasteiger partial charge is 0.380 e. The zero-order valence-electron chi connectivity index (χ0n) is 15.5. The molecule has 0 radical (unpaired) electrons. The molecule has 28 heavy (non-hydrogen) atoms. The first-order valence-corrected chi connectivity index (χ1v) is 9.93. The maximum atomic E-state index is 11.9. The number of benzene rings is 2. The van der Waals surface area contributed by atoms with Crippen LogP contribution in [0.4, 0.5) is 22.7 Å². The molecular weight excluding hydrogens is 374 g/mol. The lowest BCUT2D eigenvalue weighted by Gasteiger charge is -2.18. The third-order valence-electron chi connectivity index (χ3n) is 5.15. The van der Waals surface area contributed by atoms with Crippen molar-refractivity contribution in [2.75, 3.05) is 35.2 Å². The monoisotopic (exact) mass is 395 g/mol. The molecular formula is C22H22ClN3O2. The van der Waals surface area contributed by atoms with E-state index in [2.05, 4.69) is 39.8 Å². The minimum absolute atomic E-state index is 0.316. The summed E-state index contributed by atoms with van der Waals surface area (Å²) in [6, 6.07) is 15.6. The average Bonchev–Trinajstić information content (AvgIpc) is 3.26. The number of hydrogen-bond acceptors (Lipinski definition) is 5. The van der Waals surface area contributed by atoms with Crippen molar-refractivity contribution in [2.45, 2.75) is 19.3 Å². The summed E-state index contributed by atoms with van der Waals surface area (Å²) < 4.78 is 0. The molecule has 1 saturated heterocycles. The molecule has 6 heteroatoms. The Morgan fingerprint density at radius 1 is 0.857 bits per heavy atom. The highest BCUT2D eigenvalue weighted by molar-refractivity contribution is 6.30. The third-order valence-corrected chi connectivity index (χ3v) is 5.40. The van der Waals surface area contributed by atoms with Gasteiger partial charge in [0.2, 0.25) is 0 Å².